The molecule has 1 fully saturated rings. The van der Waals surface area contributed by atoms with Gasteiger partial charge in [-0.05, 0) is 36.8 Å². The van der Waals surface area contributed by atoms with Gasteiger partial charge in [-0.3, -0.25) is 14.4 Å². The maximum Gasteiger partial charge on any atom is 0.257 e. The first kappa shape index (κ1) is 23.6. The van der Waals surface area contributed by atoms with Crippen molar-refractivity contribution in [1.82, 2.24) is 14.4 Å². The second-order valence-corrected chi connectivity index (χ2v) is 8.40. The Balaban J connectivity index is 1.43. The van der Waals surface area contributed by atoms with E-state index in [4.69, 9.17) is 16.3 Å². The predicted molar refractivity (Wildman–Crippen MR) is 131 cm³/mol. The van der Waals surface area contributed by atoms with Crippen LogP contribution in [0.15, 0.2) is 71.7 Å². The molecule has 0 N–H and O–H groups in total. The molecule has 0 aliphatic carbocycles. The molecule has 4 rings (SSSR count). The summed E-state index contributed by atoms with van der Waals surface area (Å²) in [6.45, 7) is 4.29. The Labute approximate surface area is 203 Å². The summed E-state index contributed by atoms with van der Waals surface area (Å²) in [4.78, 5) is 41.9. The molecule has 3 aromatic rings. The number of carbonyl (C=O) groups is 2. The summed E-state index contributed by atoms with van der Waals surface area (Å²) in [5.74, 6) is 0.286. The van der Waals surface area contributed by atoms with Crippen molar-refractivity contribution < 1.29 is 14.3 Å². The zero-order valence-electron chi connectivity index (χ0n) is 18.9. The maximum absolute atomic E-state index is 13.1. The van der Waals surface area contributed by atoms with Crippen LogP contribution in [-0.4, -0.2) is 59.0 Å². The fourth-order valence-corrected chi connectivity index (χ4v) is 4.18. The summed E-state index contributed by atoms with van der Waals surface area (Å²) >= 11 is 6.23. The van der Waals surface area contributed by atoms with Crippen LogP contribution in [0.1, 0.15) is 33.2 Å². The molecule has 2 amide bonds. The van der Waals surface area contributed by atoms with E-state index >= 15 is 0 Å². The first-order chi connectivity index (χ1) is 16.5. The van der Waals surface area contributed by atoms with Gasteiger partial charge in [-0.25, -0.2) is 0 Å². The number of ether oxygens (including phenoxy) is 1. The highest BCUT2D eigenvalue weighted by molar-refractivity contribution is 6.31. The summed E-state index contributed by atoms with van der Waals surface area (Å²) in [5, 5.41) is 0.567. The second-order valence-electron chi connectivity index (χ2n) is 7.99. The molecule has 0 atom stereocenters. The van der Waals surface area contributed by atoms with Gasteiger partial charge in [-0.2, -0.15) is 0 Å². The van der Waals surface area contributed by atoms with Crippen LogP contribution in [0.4, 0.5) is 0 Å². The van der Waals surface area contributed by atoms with E-state index in [1.54, 1.807) is 40.3 Å². The zero-order valence-corrected chi connectivity index (χ0v) is 19.7. The number of halogens is 1. The fourth-order valence-electron chi connectivity index (χ4n) is 3.98. The number of piperazine rings is 1. The van der Waals surface area contributed by atoms with Crippen LogP contribution in [0.5, 0.6) is 5.75 Å². The number of nitrogens with zero attached hydrogens (tertiary/aromatic N) is 3. The lowest BCUT2D eigenvalue weighted by Gasteiger charge is -2.35. The van der Waals surface area contributed by atoms with Gasteiger partial charge >= 0.3 is 0 Å². The van der Waals surface area contributed by atoms with E-state index in [1.165, 1.54) is 10.6 Å². The van der Waals surface area contributed by atoms with Crippen LogP contribution < -0.4 is 10.3 Å². The molecule has 0 radical (unpaired) electrons. The number of rotatable bonds is 6. The Morgan fingerprint density at radius 2 is 1.53 bits per heavy atom. The van der Waals surface area contributed by atoms with Gasteiger partial charge in [0.1, 0.15) is 5.75 Å². The van der Waals surface area contributed by atoms with Crippen LogP contribution in [0, 0.1) is 0 Å². The summed E-state index contributed by atoms with van der Waals surface area (Å²) in [7, 11) is 0. The van der Waals surface area contributed by atoms with Gasteiger partial charge < -0.3 is 19.1 Å². The minimum Gasteiger partial charge on any atom is -0.493 e. The third-order valence-electron chi connectivity index (χ3n) is 5.80. The minimum atomic E-state index is -0.208. The SMILES string of the molecule is CCOc1ccccc1C(=O)N1CCN(C(=O)c2ccc(=O)n(Cc3ccccc3Cl)c2)CC1. The van der Waals surface area contributed by atoms with Gasteiger partial charge in [-0.15, -0.1) is 0 Å². The van der Waals surface area contributed by atoms with E-state index < -0.39 is 0 Å². The number of hydrogen-bond donors (Lipinski definition) is 0. The first-order valence-electron chi connectivity index (χ1n) is 11.2. The number of para-hydroxylation sites is 1. The molecule has 0 unspecified atom stereocenters. The number of amides is 2. The second kappa shape index (κ2) is 10.6. The Hall–Kier alpha value is -3.58. The average molecular weight is 480 g/mol. The molecule has 0 spiro atoms. The van der Waals surface area contributed by atoms with E-state index in [1.807, 2.05) is 37.3 Å². The quantitative estimate of drug-likeness (QED) is 0.542. The van der Waals surface area contributed by atoms with Crippen molar-refractivity contribution in [2.75, 3.05) is 32.8 Å². The molecule has 2 heterocycles. The van der Waals surface area contributed by atoms with Crippen LogP contribution >= 0.6 is 11.6 Å². The van der Waals surface area contributed by atoms with Gasteiger partial charge in [0.25, 0.3) is 17.4 Å². The van der Waals surface area contributed by atoms with Gasteiger partial charge in [0.15, 0.2) is 0 Å². The lowest BCUT2D eigenvalue weighted by atomic mass is 10.1. The lowest BCUT2D eigenvalue weighted by Crippen LogP contribution is -2.50. The number of benzene rings is 2. The van der Waals surface area contributed by atoms with E-state index in [-0.39, 0.29) is 23.9 Å². The van der Waals surface area contributed by atoms with Crippen molar-refractivity contribution in [3.63, 3.8) is 0 Å². The Morgan fingerprint density at radius 3 is 2.24 bits per heavy atom. The highest BCUT2D eigenvalue weighted by Crippen LogP contribution is 2.21. The van der Waals surface area contributed by atoms with Crippen LogP contribution in [0.25, 0.3) is 0 Å². The first-order valence-corrected chi connectivity index (χ1v) is 11.6. The molecule has 176 valence electrons. The molecule has 8 heteroatoms. The van der Waals surface area contributed by atoms with Crippen molar-refractivity contribution in [2.45, 2.75) is 13.5 Å². The van der Waals surface area contributed by atoms with Gasteiger partial charge in [-0.1, -0.05) is 41.9 Å². The number of pyridine rings is 1. The number of aromatic nitrogens is 1. The topological polar surface area (TPSA) is 71.8 Å². The van der Waals surface area contributed by atoms with Crippen molar-refractivity contribution in [3.8, 4) is 5.75 Å². The lowest BCUT2D eigenvalue weighted by molar-refractivity contribution is 0.0532. The van der Waals surface area contributed by atoms with Crippen molar-refractivity contribution in [3.05, 3.63) is 98.9 Å². The van der Waals surface area contributed by atoms with Crippen LogP contribution in [0.2, 0.25) is 5.02 Å². The summed E-state index contributed by atoms with van der Waals surface area (Å²) in [6.07, 6.45) is 1.57. The predicted octanol–water partition coefficient (Wildman–Crippen LogP) is 3.55. The van der Waals surface area contributed by atoms with Gasteiger partial charge in [0.05, 0.1) is 24.3 Å². The average Bonchev–Trinajstić information content (AvgIpc) is 2.86. The molecule has 1 aliphatic rings. The summed E-state index contributed by atoms with van der Waals surface area (Å²) < 4.78 is 7.07. The zero-order chi connectivity index (χ0) is 24.1. The molecule has 1 saturated heterocycles. The summed E-state index contributed by atoms with van der Waals surface area (Å²) in [6, 6.07) is 17.4. The molecule has 0 bridgehead atoms. The minimum absolute atomic E-state index is 0.107. The molecule has 1 aromatic heterocycles. The molecule has 1 aliphatic heterocycles. The highest BCUT2D eigenvalue weighted by atomic mass is 35.5. The van der Waals surface area contributed by atoms with Gasteiger partial charge in [0, 0.05) is 43.5 Å². The standard InChI is InChI=1S/C26H26ClN3O4/c1-2-34-23-10-6-4-8-21(23)26(33)29-15-13-28(14-16-29)25(32)20-11-12-24(31)30(18-20)17-19-7-3-5-9-22(19)27/h3-12,18H,2,13-17H2,1H3. The maximum atomic E-state index is 13.1. The Bertz CT molecular complexity index is 1250. The number of carbonyl (C=O) groups excluding carboxylic acids is 2. The highest BCUT2D eigenvalue weighted by Gasteiger charge is 2.27. The fraction of sp³-hybridized carbons (Fsp3) is 0.269. The number of hydrogen-bond acceptors (Lipinski definition) is 4. The van der Waals surface area contributed by atoms with Gasteiger partial charge in [0.2, 0.25) is 0 Å². The van der Waals surface area contributed by atoms with E-state index in [9.17, 15) is 14.4 Å². The van der Waals surface area contributed by atoms with E-state index in [0.717, 1.165) is 5.56 Å². The Kier molecular flexibility index (Phi) is 7.33. The molecular weight excluding hydrogens is 454 g/mol. The third kappa shape index (κ3) is 5.15. The largest absolute Gasteiger partial charge is 0.493 e. The van der Waals surface area contributed by atoms with Crippen molar-refractivity contribution in [2.24, 2.45) is 0 Å². The van der Waals surface area contributed by atoms with E-state index in [0.29, 0.717) is 54.7 Å². The monoisotopic (exact) mass is 479 g/mol. The molecule has 0 saturated carbocycles. The van der Waals surface area contributed by atoms with E-state index in [2.05, 4.69) is 0 Å². The van der Waals surface area contributed by atoms with Crippen molar-refractivity contribution in [1.29, 1.82) is 0 Å². The molecule has 2 aromatic carbocycles. The summed E-state index contributed by atoms with van der Waals surface area (Å²) in [5.41, 5.74) is 1.54. The smallest absolute Gasteiger partial charge is 0.257 e. The third-order valence-corrected chi connectivity index (χ3v) is 6.17. The normalized spacial score (nSPS) is 13.6. The molecule has 34 heavy (non-hydrogen) atoms. The van der Waals surface area contributed by atoms with Crippen LogP contribution in [0.3, 0.4) is 0 Å². The molecular formula is C26H26ClN3O4. The van der Waals surface area contributed by atoms with Crippen LogP contribution in [-0.2, 0) is 6.54 Å². The van der Waals surface area contributed by atoms with Crippen molar-refractivity contribution >= 4 is 23.4 Å². The Morgan fingerprint density at radius 1 is 0.882 bits per heavy atom. The molecule has 7 nitrogen and oxygen atoms in total.